The number of carbonyl (C=O) groups is 1. The van der Waals surface area contributed by atoms with E-state index in [0.29, 0.717) is 43.7 Å². The maximum absolute atomic E-state index is 12.0. The molecule has 0 radical (unpaired) electrons. The zero-order valence-corrected chi connectivity index (χ0v) is 21.1. The lowest BCUT2D eigenvalue weighted by Gasteiger charge is -2.50. The zero-order chi connectivity index (χ0) is 25.4. The van der Waals surface area contributed by atoms with E-state index in [2.05, 4.69) is 34.2 Å². The van der Waals surface area contributed by atoms with Gasteiger partial charge in [-0.05, 0) is 24.6 Å². The van der Waals surface area contributed by atoms with Crippen molar-refractivity contribution in [1.82, 2.24) is 15.2 Å². The van der Waals surface area contributed by atoms with Crippen molar-refractivity contribution in [3.63, 3.8) is 0 Å². The molecule has 1 aromatic rings. The summed E-state index contributed by atoms with van der Waals surface area (Å²) in [6.07, 6.45) is 17.0. The second kappa shape index (κ2) is 12.0. The van der Waals surface area contributed by atoms with Crippen LogP contribution in [0.5, 0.6) is 0 Å². The van der Waals surface area contributed by atoms with Crippen LogP contribution in [0.1, 0.15) is 25.3 Å². The van der Waals surface area contributed by atoms with Crippen LogP contribution in [0, 0.1) is 12.8 Å². The van der Waals surface area contributed by atoms with Crippen molar-refractivity contribution in [2.45, 2.75) is 30.7 Å². The van der Waals surface area contributed by atoms with Crippen molar-refractivity contribution in [2.24, 2.45) is 20.8 Å². The van der Waals surface area contributed by atoms with E-state index in [1.165, 1.54) is 6.34 Å². The lowest BCUT2D eigenvalue weighted by atomic mass is 9.89. The van der Waals surface area contributed by atoms with Crippen LogP contribution in [0.25, 0.3) is 0 Å². The van der Waals surface area contributed by atoms with Gasteiger partial charge < -0.3 is 16.0 Å². The Morgan fingerprint density at radius 1 is 1.34 bits per heavy atom. The van der Waals surface area contributed by atoms with E-state index in [-0.39, 0.29) is 11.3 Å². The maximum atomic E-state index is 12.0. The first-order valence-corrected chi connectivity index (χ1v) is 12.0. The number of alkyl halides is 1. The molecule has 1 fully saturated rings. The average Bonchev–Trinajstić information content (AvgIpc) is 2.84. The minimum atomic E-state index is -0.761. The molecule has 0 saturated carbocycles. The number of nitrogens with zero attached hydrogens (tertiary/aromatic N) is 5. The molecule has 1 aromatic carbocycles. The number of nitrogens with one attached hydrogen (secondary N) is 1. The summed E-state index contributed by atoms with van der Waals surface area (Å²) in [7, 11) is 0. The molecule has 1 atom stereocenters. The molecule has 1 aliphatic carbocycles. The van der Waals surface area contributed by atoms with Gasteiger partial charge in [0.25, 0.3) is 0 Å². The monoisotopic (exact) mass is 513 g/mol. The molecule has 0 bridgehead atoms. The summed E-state index contributed by atoms with van der Waals surface area (Å²) in [5, 5.41) is 10.5. The van der Waals surface area contributed by atoms with Gasteiger partial charge in [0, 0.05) is 30.1 Å². The van der Waals surface area contributed by atoms with Gasteiger partial charge in [0.2, 0.25) is 11.9 Å². The van der Waals surface area contributed by atoms with Gasteiger partial charge in [-0.15, -0.1) is 24.4 Å². The highest BCUT2D eigenvalue weighted by Gasteiger charge is 2.49. The molecule has 3 N–H and O–H groups in total. The normalized spacial score (nSPS) is 20.8. The first kappa shape index (κ1) is 26.5. The van der Waals surface area contributed by atoms with Gasteiger partial charge in [0.15, 0.2) is 0 Å². The minimum Gasteiger partial charge on any atom is -0.368 e. The Kier molecular flexibility index (Phi) is 9.10. The van der Waals surface area contributed by atoms with Gasteiger partial charge in [-0.25, -0.2) is 15.0 Å². The van der Waals surface area contributed by atoms with Crippen molar-refractivity contribution in [1.29, 1.82) is 0 Å². The smallest absolute Gasteiger partial charge is 0.241 e. The quantitative estimate of drug-likeness (QED) is 0.332. The summed E-state index contributed by atoms with van der Waals surface area (Å²) in [6, 6.07) is 7.63. The van der Waals surface area contributed by atoms with Crippen LogP contribution in [0.4, 0.5) is 0 Å². The summed E-state index contributed by atoms with van der Waals surface area (Å²) in [4.78, 5) is 22.7. The predicted octanol–water partition coefficient (Wildman–Crippen LogP) is 2.98. The number of allylic oxidation sites excluding steroid dienone is 4. The van der Waals surface area contributed by atoms with Crippen LogP contribution < -0.4 is 11.1 Å². The van der Waals surface area contributed by atoms with E-state index in [1.54, 1.807) is 5.01 Å². The third-order valence-corrected chi connectivity index (χ3v) is 6.47. The Hall–Kier alpha value is -3.12. The molecule has 35 heavy (non-hydrogen) atoms. The molecular formula is C25H29Cl2N7O. The summed E-state index contributed by atoms with van der Waals surface area (Å²) in [5.74, 6) is 0.254. The topological polar surface area (TPSA) is 98.7 Å². The van der Waals surface area contributed by atoms with Crippen molar-refractivity contribution in [3.8, 4) is 12.8 Å². The number of nitrogens with two attached hydrogens (primary N) is 1. The van der Waals surface area contributed by atoms with Crippen molar-refractivity contribution in [2.75, 3.05) is 26.3 Å². The van der Waals surface area contributed by atoms with Crippen molar-refractivity contribution < 1.29 is 4.79 Å². The summed E-state index contributed by atoms with van der Waals surface area (Å²) >= 11 is 12.7. The molecule has 2 heterocycles. The number of rotatable bonds is 7. The van der Waals surface area contributed by atoms with E-state index in [1.807, 2.05) is 48.2 Å². The van der Waals surface area contributed by atoms with Crippen LogP contribution in [-0.2, 0) is 4.79 Å². The molecule has 0 spiro atoms. The molecule has 3 aliphatic rings. The van der Waals surface area contributed by atoms with Crippen LogP contribution in [-0.4, -0.2) is 71.0 Å². The molecule has 1 unspecified atom stereocenters. The van der Waals surface area contributed by atoms with Crippen molar-refractivity contribution >= 4 is 47.1 Å². The zero-order valence-electron chi connectivity index (χ0n) is 19.6. The molecular weight excluding hydrogens is 485 g/mol. The summed E-state index contributed by atoms with van der Waals surface area (Å²) in [5.41, 5.74) is 7.66. The number of likely N-dealkylation sites (tertiary alicyclic amines) is 1. The number of likely N-dealkylation sites (N-methyl/N-ethyl adjacent to an activating group) is 1. The number of benzene rings is 1. The van der Waals surface area contributed by atoms with Gasteiger partial charge in [0.05, 0.1) is 11.1 Å². The number of halogens is 2. The standard InChI is InChI=1S/C23H27Cl2N7O.C2H2/c1-2-29-23(21(26)33)12-31(13-23)22-28-14-27-15-32(22)30-20(18-5-3-4-6-19(18)25)11-16-7-9-17(24)10-8-16;1-2/h3-9,14,17,29H,2,10-13,15H2,1H3,(H2,26,33);1-2H/b30-20+;. The van der Waals surface area contributed by atoms with Crippen LogP contribution in [0.3, 0.4) is 0 Å². The highest BCUT2D eigenvalue weighted by Crippen LogP contribution is 2.26. The van der Waals surface area contributed by atoms with E-state index < -0.39 is 5.54 Å². The number of terminal acetylenes is 1. The predicted molar refractivity (Wildman–Crippen MR) is 144 cm³/mol. The van der Waals surface area contributed by atoms with E-state index in [9.17, 15) is 4.79 Å². The number of primary amides is 1. The van der Waals surface area contributed by atoms with Gasteiger partial charge in [-0.1, -0.05) is 55.0 Å². The Bertz CT molecular complexity index is 1100. The fourth-order valence-electron chi connectivity index (χ4n) is 4.09. The third-order valence-electron chi connectivity index (χ3n) is 5.81. The third kappa shape index (κ3) is 6.12. The maximum Gasteiger partial charge on any atom is 0.241 e. The van der Waals surface area contributed by atoms with Gasteiger partial charge >= 0.3 is 0 Å². The number of hydrogen-bond donors (Lipinski definition) is 2. The fourth-order valence-corrected chi connectivity index (χ4v) is 4.49. The van der Waals surface area contributed by atoms with E-state index in [4.69, 9.17) is 34.0 Å². The van der Waals surface area contributed by atoms with E-state index >= 15 is 0 Å². The number of hydrogen-bond acceptors (Lipinski definition) is 7. The molecule has 2 aliphatic heterocycles. The van der Waals surface area contributed by atoms with Crippen LogP contribution in [0.2, 0.25) is 5.02 Å². The molecule has 8 nitrogen and oxygen atoms in total. The lowest BCUT2D eigenvalue weighted by molar-refractivity contribution is -0.129. The number of aliphatic imine (C=N–C) groups is 2. The lowest BCUT2D eigenvalue weighted by Crippen LogP contribution is -2.76. The van der Waals surface area contributed by atoms with Gasteiger partial charge in [-0.2, -0.15) is 5.10 Å². The number of carbonyl (C=O) groups excluding carboxylic acids is 1. The molecule has 1 amide bonds. The minimum absolute atomic E-state index is 0.0123. The molecule has 1 saturated heterocycles. The SMILES string of the molecule is C#C.CCNC1(C(N)=O)CN(C2=NC=NCN2/N=C(\CC2=CCC(Cl)C=C2)c2ccccc2Cl)C1. The van der Waals surface area contributed by atoms with Gasteiger partial charge in [0.1, 0.15) is 18.5 Å². The second-order valence-electron chi connectivity index (χ2n) is 8.19. The number of hydrazone groups is 1. The molecule has 10 heteroatoms. The Morgan fingerprint density at radius 3 is 2.71 bits per heavy atom. The Morgan fingerprint density at radius 2 is 2.09 bits per heavy atom. The molecule has 0 aromatic heterocycles. The van der Waals surface area contributed by atoms with Crippen molar-refractivity contribution in [3.05, 3.63) is 58.7 Å². The average molecular weight is 514 g/mol. The Balaban J connectivity index is 0.00000167. The molecule has 184 valence electrons. The molecule has 4 rings (SSSR count). The fraction of sp³-hybridized carbons (Fsp3) is 0.360. The largest absolute Gasteiger partial charge is 0.368 e. The number of guanidine groups is 1. The second-order valence-corrected chi connectivity index (χ2v) is 9.16. The highest BCUT2D eigenvalue weighted by molar-refractivity contribution is 6.34. The summed E-state index contributed by atoms with van der Waals surface area (Å²) in [6.45, 7) is 3.75. The van der Waals surface area contributed by atoms with E-state index in [0.717, 1.165) is 23.3 Å². The highest BCUT2D eigenvalue weighted by atomic mass is 35.5. The van der Waals surface area contributed by atoms with Gasteiger partial charge in [-0.3, -0.25) is 4.79 Å². The first-order valence-electron chi connectivity index (χ1n) is 11.2. The first-order chi connectivity index (χ1) is 16.9. The van der Waals surface area contributed by atoms with Crippen LogP contribution >= 0.6 is 23.2 Å². The van der Waals surface area contributed by atoms with Crippen LogP contribution in [0.15, 0.2) is 63.2 Å². The number of amides is 1. The Labute approximate surface area is 216 Å². The summed E-state index contributed by atoms with van der Waals surface area (Å²) < 4.78 is 0.